The second-order valence-electron chi connectivity index (χ2n) is 4.14. The second-order valence-corrected chi connectivity index (χ2v) is 5.02. The number of hydrogen-bond acceptors (Lipinski definition) is 4. The van der Waals surface area contributed by atoms with Crippen LogP contribution in [-0.2, 0) is 0 Å². The minimum absolute atomic E-state index is 0.252. The average Bonchev–Trinajstić information content (AvgIpc) is 2.48. The highest BCUT2D eigenvalue weighted by atomic mass is 32.2. The van der Waals surface area contributed by atoms with Crippen LogP contribution in [0, 0.1) is 0 Å². The Morgan fingerprint density at radius 1 is 1.20 bits per heavy atom. The largest absolute Gasteiger partial charge is 0.497 e. The minimum Gasteiger partial charge on any atom is -0.497 e. The lowest BCUT2D eigenvalue weighted by atomic mass is 10.1. The van der Waals surface area contributed by atoms with E-state index in [0.29, 0.717) is 17.0 Å². The summed E-state index contributed by atoms with van der Waals surface area (Å²) in [5.41, 5.74) is 7.38. The molecular formula is C15H16N2O2S. The van der Waals surface area contributed by atoms with E-state index < -0.39 is 0 Å². The van der Waals surface area contributed by atoms with Gasteiger partial charge in [0.1, 0.15) is 5.75 Å². The van der Waals surface area contributed by atoms with E-state index in [9.17, 15) is 4.79 Å². The Labute approximate surface area is 122 Å². The maximum absolute atomic E-state index is 12.2. The summed E-state index contributed by atoms with van der Waals surface area (Å²) in [6, 6.07) is 12.6. The first-order valence-corrected chi connectivity index (χ1v) is 7.25. The van der Waals surface area contributed by atoms with E-state index in [0.717, 1.165) is 10.6 Å². The zero-order chi connectivity index (χ0) is 14.5. The number of ether oxygens (including phenoxy) is 1. The molecule has 0 bridgehead atoms. The van der Waals surface area contributed by atoms with E-state index in [4.69, 9.17) is 10.5 Å². The van der Waals surface area contributed by atoms with Gasteiger partial charge in [-0.05, 0) is 48.7 Å². The van der Waals surface area contributed by atoms with Crippen LogP contribution >= 0.6 is 11.8 Å². The molecule has 0 saturated heterocycles. The number of amides is 1. The zero-order valence-electron chi connectivity index (χ0n) is 11.3. The molecular weight excluding hydrogens is 272 g/mol. The van der Waals surface area contributed by atoms with Gasteiger partial charge in [0.2, 0.25) is 0 Å². The highest BCUT2D eigenvalue weighted by molar-refractivity contribution is 7.98. The Bertz CT molecular complexity index is 612. The van der Waals surface area contributed by atoms with Crippen molar-refractivity contribution in [2.75, 3.05) is 24.4 Å². The minimum atomic E-state index is -0.252. The first-order chi connectivity index (χ1) is 9.63. The third-order valence-electron chi connectivity index (χ3n) is 2.85. The van der Waals surface area contributed by atoms with Crippen molar-refractivity contribution in [1.82, 2.24) is 0 Å². The molecule has 2 aromatic rings. The summed E-state index contributed by atoms with van der Waals surface area (Å²) in [6.07, 6.45) is 2.00. The number of thioether (sulfide) groups is 1. The van der Waals surface area contributed by atoms with Gasteiger partial charge in [-0.2, -0.15) is 0 Å². The Morgan fingerprint density at radius 3 is 2.50 bits per heavy atom. The van der Waals surface area contributed by atoms with Crippen molar-refractivity contribution in [3.8, 4) is 5.75 Å². The molecule has 0 unspecified atom stereocenters. The van der Waals surface area contributed by atoms with Crippen LogP contribution < -0.4 is 15.8 Å². The summed E-state index contributed by atoms with van der Waals surface area (Å²) < 4.78 is 5.10. The molecule has 4 nitrogen and oxygen atoms in total. The van der Waals surface area contributed by atoms with Crippen LogP contribution in [0.4, 0.5) is 11.4 Å². The van der Waals surface area contributed by atoms with Crippen molar-refractivity contribution < 1.29 is 9.53 Å². The molecule has 5 heteroatoms. The van der Waals surface area contributed by atoms with E-state index in [1.54, 1.807) is 37.1 Å². The topological polar surface area (TPSA) is 64.3 Å². The molecule has 2 aromatic carbocycles. The quantitative estimate of drug-likeness (QED) is 0.669. The Balaban J connectivity index is 2.18. The molecule has 0 fully saturated rings. The number of nitrogen functional groups attached to an aromatic ring is 1. The maximum atomic E-state index is 12.2. The molecule has 0 aliphatic carbocycles. The molecule has 20 heavy (non-hydrogen) atoms. The van der Waals surface area contributed by atoms with Gasteiger partial charge in [-0.1, -0.05) is 0 Å². The second kappa shape index (κ2) is 6.34. The Kier molecular flexibility index (Phi) is 4.53. The molecule has 2 rings (SSSR count). The van der Waals surface area contributed by atoms with E-state index in [-0.39, 0.29) is 5.91 Å². The third kappa shape index (κ3) is 3.24. The lowest BCUT2D eigenvalue weighted by Gasteiger charge is -2.09. The highest BCUT2D eigenvalue weighted by Gasteiger charge is 2.11. The number of rotatable bonds is 4. The van der Waals surface area contributed by atoms with Gasteiger partial charge in [0.15, 0.2) is 0 Å². The van der Waals surface area contributed by atoms with Crippen LogP contribution in [0.15, 0.2) is 47.4 Å². The molecule has 104 valence electrons. The normalized spacial score (nSPS) is 10.1. The molecule has 0 aromatic heterocycles. The third-order valence-corrected chi connectivity index (χ3v) is 3.60. The van der Waals surface area contributed by atoms with Crippen LogP contribution in [-0.4, -0.2) is 19.3 Å². The average molecular weight is 288 g/mol. The number of benzene rings is 2. The molecule has 0 aliphatic rings. The van der Waals surface area contributed by atoms with Crippen molar-refractivity contribution in [2.24, 2.45) is 0 Å². The van der Waals surface area contributed by atoms with Gasteiger partial charge in [-0.15, -0.1) is 11.8 Å². The van der Waals surface area contributed by atoms with Gasteiger partial charge in [-0.25, -0.2) is 0 Å². The molecule has 0 saturated carbocycles. The van der Waals surface area contributed by atoms with Crippen LogP contribution in [0.25, 0.3) is 0 Å². The van der Waals surface area contributed by atoms with Gasteiger partial charge in [0.05, 0.1) is 12.7 Å². The number of carbonyl (C=O) groups is 1. The predicted molar refractivity (Wildman–Crippen MR) is 83.6 cm³/mol. The number of carbonyl (C=O) groups excluding carboxylic acids is 1. The summed E-state index contributed by atoms with van der Waals surface area (Å²) in [5.74, 6) is 0.348. The lowest BCUT2D eigenvalue weighted by molar-refractivity contribution is 0.102. The summed E-state index contributed by atoms with van der Waals surface area (Å²) in [5, 5.41) is 2.82. The number of methoxy groups -OCH3 is 1. The van der Waals surface area contributed by atoms with Crippen molar-refractivity contribution in [1.29, 1.82) is 0 Å². The molecule has 3 N–H and O–H groups in total. The molecule has 0 atom stereocenters. The van der Waals surface area contributed by atoms with E-state index in [1.165, 1.54) is 0 Å². The number of anilines is 2. The summed E-state index contributed by atoms with van der Waals surface area (Å²) in [4.78, 5) is 13.3. The SMILES string of the molecule is COc1ccc(N)c(C(=O)Nc2ccc(SC)cc2)c1. The van der Waals surface area contributed by atoms with Crippen molar-refractivity contribution in [3.63, 3.8) is 0 Å². The molecule has 0 aliphatic heterocycles. The molecule has 0 heterocycles. The number of nitrogens with one attached hydrogen (secondary N) is 1. The molecule has 0 radical (unpaired) electrons. The lowest BCUT2D eigenvalue weighted by Crippen LogP contribution is -2.14. The fourth-order valence-corrected chi connectivity index (χ4v) is 2.14. The molecule has 1 amide bonds. The van der Waals surface area contributed by atoms with Crippen LogP contribution in [0.2, 0.25) is 0 Å². The van der Waals surface area contributed by atoms with Crippen molar-refractivity contribution in [2.45, 2.75) is 4.90 Å². The number of hydrogen-bond donors (Lipinski definition) is 2. The summed E-state index contributed by atoms with van der Waals surface area (Å²) in [7, 11) is 1.55. The first-order valence-electron chi connectivity index (χ1n) is 6.03. The van der Waals surface area contributed by atoms with Crippen molar-refractivity contribution in [3.05, 3.63) is 48.0 Å². The van der Waals surface area contributed by atoms with E-state index >= 15 is 0 Å². The van der Waals surface area contributed by atoms with Gasteiger partial charge < -0.3 is 15.8 Å². The van der Waals surface area contributed by atoms with E-state index in [1.807, 2.05) is 30.5 Å². The predicted octanol–water partition coefficient (Wildman–Crippen LogP) is 3.25. The molecule has 0 spiro atoms. The standard InChI is InChI=1S/C15H16N2O2S/c1-19-11-5-8-14(16)13(9-11)15(18)17-10-3-6-12(20-2)7-4-10/h3-9H,16H2,1-2H3,(H,17,18). The van der Waals surface area contributed by atoms with Gasteiger partial charge >= 0.3 is 0 Å². The Morgan fingerprint density at radius 2 is 1.90 bits per heavy atom. The van der Waals surface area contributed by atoms with Crippen molar-refractivity contribution >= 4 is 29.0 Å². The van der Waals surface area contributed by atoms with Gasteiger partial charge in [0, 0.05) is 16.3 Å². The maximum Gasteiger partial charge on any atom is 0.257 e. The highest BCUT2D eigenvalue weighted by Crippen LogP contribution is 2.22. The van der Waals surface area contributed by atoms with E-state index in [2.05, 4.69) is 5.32 Å². The van der Waals surface area contributed by atoms with Crippen LogP contribution in [0.3, 0.4) is 0 Å². The fraction of sp³-hybridized carbons (Fsp3) is 0.133. The van der Waals surface area contributed by atoms with Gasteiger partial charge in [0.25, 0.3) is 5.91 Å². The first kappa shape index (κ1) is 14.3. The van der Waals surface area contributed by atoms with Crippen LogP contribution in [0.1, 0.15) is 10.4 Å². The fourth-order valence-electron chi connectivity index (χ4n) is 1.73. The Hall–Kier alpha value is -2.14. The summed E-state index contributed by atoms with van der Waals surface area (Å²) >= 11 is 1.65. The zero-order valence-corrected chi connectivity index (χ0v) is 12.2. The smallest absolute Gasteiger partial charge is 0.257 e. The monoisotopic (exact) mass is 288 g/mol. The van der Waals surface area contributed by atoms with Gasteiger partial charge in [-0.3, -0.25) is 4.79 Å². The summed E-state index contributed by atoms with van der Waals surface area (Å²) in [6.45, 7) is 0. The number of nitrogens with two attached hydrogens (primary N) is 1. The van der Waals surface area contributed by atoms with Crippen LogP contribution in [0.5, 0.6) is 5.75 Å².